The molecular weight excluding hydrogens is 366 g/mol. The minimum Gasteiger partial charge on any atom is -0.459 e. The van der Waals surface area contributed by atoms with Crippen LogP contribution < -0.4 is 16.0 Å². The normalized spacial score (nSPS) is 10.5. The molecule has 2 amide bonds. The molecule has 0 fully saturated rings. The molecule has 0 aliphatic rings. The van der Waals surface area contributed by atoms with E-state index in [1.54, 1.807) is 30.3 Å². The summed E-state index contributed by atoms with van der Waals surface area (Å²) in [6.45, 7) is 0.0996. The second kappa shape index (κ2) is 8.31. The Morgan fingerprint density at radius 1 is 0.724 bits per heavy atom. The monoisotopic (exact) mass is 385 g/mol. The van der Waals surface area contributed by atoms with Gasteiger partial charge in [0, 0.05) is 17.1 Å². The van der Waals surface area contributed by atoms with Crippen molar-refractivity contribution in [2.24, 2.45) is 0 Å². The number of amides is 2. The third kappa shape index (κ3) is 4.62. The second-order valence-corrected chi connectivity index (χ2v) is 6.48. The van der Waals surface area contributed by atoms with E-state index in [4.69, 9.17) is 4.42 Å². The number of hydrogen-bond acceptors (Lipinski definition) is 4. The fraction of sp³-hybridized carbons (Fsp3) is 0.0435. The minimum absolute atomic E-state index is 0.0996. The molecule has 29 heavy (non-hydrogen) atoms. The van der Waals surface area contributed by atoms with Crippen LogP contribution in [0.3, 0.4) is 0 Å². The van der Waals surface area contributed by atoms with Crippen molar-refractivity contribution in [3.63, 3.8) is 0 Å². The second-order valence-electron chi connectivity index (χ2n) is 6.48. The largest absolute Gasteiger partial charge is 0.459 e. The summed E-state index contributed by atoms with van der Waals surface area (Å²) in [5.74, 6) is -0.260. The van der Waals surface area contributed by atoms with Crippen LogP contribution in [0, 0.1) is 0 Å². The van der Waals surface area contributed by atoms with E-state index in [1.807, 2.05) is 48.5 Å². The first kappa shape index (κ1) is 18.3. The summed E-state index contributed by atoms with van der Waals surface area (Å²) in [6, 6.07) is 24.2. The molecule has 0 bridgehead atoms. The van der Waals surface area contributed by atoms with Crippen LogP contribution in [-0.4, -0.2) is 18.4 Å². The van der Waals surface area contributed by atoms with Gasteiger partial charge in [0.15, 0.2) is 5.76 Å². The molecule has 4 aromatic rings. The van der Waals surface area contributed by atoms with Gasteiger partial charge in [-0.05, 0) is 53.2 Å². The maximum Gasteiger partial charge on any atom is 0.291 e. The number of nitrogens with one attached hydrogen (secondary N) is 3. The summed E-state index contributed by atoms with van der Waals surface area (Å²) in [5, 5.41) is 10.9. The van der Waals surface area contributed by atoms with Crippen molar-refractivity contribution in [2.75, 3.05) is 22.5 Å². The van der Waals surface area contributed by atoms with E-state index < -0.39 is 0 Å². The van der Waals surface area contributed by atoms with Crippen LogP contribution in [0.1, 0.15) is 10.6 Å². The van der Waals surface area contributed by atoms with Gasteiger partial charge >= 0.3 is 0 Å². The van der Waals surface area contributed by atoms with Gasteiger partial charge in [0.1, 0.15) is 0 Å². The van der Waals surface area contributed by atoms with Crippen LogP contribution in [0.25, 0.3) is 10.8 Å². The van der Waals surface area contributed by atoms with Crippen molar-refractivity contribution in [3.8, 4) is 0 Å². The zero-order chi connectivity index (χ0) is 20.1. The molecule has 0 saturated heterocycles. The highest BCUT2D eigenvalue weighted by molar-refractivity contribution is 6.02. The van der Waals surface area contributed by atoms with Crippen molar-refractivity contribution in [3.05, 3.63) is 90.9 Å². The summed E-state index contributed by atoms with van der Waals surface area (Å²) in [4.78, 5) is 24.3. The summed E-state index contributed by atoms with van der Waals surface area (Å²) in [7, 11) is 0. The third-order valence-electron chi connectivity index (χ3n) is 4.35. The Hall–Kier alpha value is -4.06. The first-order valence-electron chi connectivity index (χ1n) is 9.15. The number of carbonyl (C=O) groups excluding carboxylic acids is 2. The van der Waals surface area contributed by atoms with Crippen LogP contribution >= 0.6 is 0 Å². The number of carbonyl (C=O) groups is 2. The van der Waals surface area contributed by atoms with Crippen molar-refractivity contribution in [1.29, 1.82) is 0 Å². The first-order chi connectivity index (χ1) is 14.2. The molecule has 3 N–H and O–H groups in total. The summed E-state index contributed by atoms with van der Waals surface area (Å²) in [5.41, 5.74) is 2.07. The molecule has 1 aromatic heterocycles. The van der Waals surface area contributed by atoms with Gasteiger partial charge in [0.25, 0.3) is 5.91 Å². The summed E-state index contributed by atoms with van der Waals surface area (Å²) >= 11 is 0. The molecule has 1 heterocycles. The molecule has 6 heteroatoms. The molecular formula is C23H19N3O3. The lowest BCUT2D eigenvalue weighted by atomic mass is 10.1. The quantitative estimate of drug-likeness (QED) is 0.448. The van der Waals surface area contributed by atoms with Crippen molar-refractivity contribution in [2.45, 2.75) is 0 Å². The standard InChI is InChI=1S/C23H19N3O3/c27-22(25-20-11-10-16-5-1-2-6-17(16)13-20)15-24-18-7-3-8-19(14-18)26-23(28)21-9-4-12-29-21/h1-14,24H,15H2,(H,25,27)(H,26,28). The molecule has 3 aromatic carbocycles. The highest BCUT2D eigenvalue weighted by Gasteiger charge is 2.09. The lowest BCUT2D eigenvalue weighted by Crippen LogP contribution is -2.21. The van der Waals surface area contributed by atoms with E-state index >= 15 is 0 Å². The van der Waals surface area contributed by atoms with E-state index in [0.717, 1.165) is 22.1 Å². The van der Waals surface area contributed by atoms with E-state index in [1.165, 1.54) is 6.26 Å². The number of hydrogen-bond donors (Lipinski definition) is 3. The minimum atomic E-state index is -0.332. The average molecular weight is 385 g/mol. The Morgan fingerprint density at radius 2 is 1.52 bits per heavy atom. The van der Waals surface area contributed by atoms with Gasteiger partial charge in [-0.2, -0.15) is 0 Å². The van der Waals surface area contributed by atoms with Gasteiger partial charge in [0.05, 0.1) is 12.8 Å². The van der Waals surface area contributed by atoms with Crippen LogP contribution in [0.4, 0.5) is 17.1 Å². The van der Waals surface area contributed by atoms with Gasteiger partial charge < -0.3 is 20.4 Å². The SMILES string of the molecule is O=C(CNc1cccc(NC(=O)c2ccco2)c1)Nc1ccc2ccccc2c1. The molecule has 0 unspecified atom stereocenters. The van der Waals surface area contributed by atoms with E-state index in [0.29, 0.717) is 5.69 Å². The van der Waals surface area contributed by atoms with Gasteiger partial charge in [-0.25, -0.2) is 0 Å². The van der Waals surface area contributed by atoms with E-state index in [9.17, 15) is 9.59 Å². The van der Waals surface area contributed by atoms with Crippen LogP contribution in [0.5, 0.6) is 0 Å². The number of anilines is 3. The molecule has 0 atom stereocenters. The van der Waals surface area contributed by atoms with E-state index in [2.05, 4.69) is 16.0 Å². The molecule has 0 radical (unpaired) electrons. The molecule has 0 aliphatic carbocycles. The summed E-state index contributed by atoms with van der Waals surface area (Å²) < 4.78 is 5.08. The lowest BCUT2D eigenvalue weighted by molar-refractivity contribution is -0.114. The predicted octanol–water partition coefficient (Wildman–Crippen LogP) is 4.74. The number of benzene rings is 3. The zero-order valence-corrected chi connectivity index (χ0v) is 15.5. The Labute approximate surface area is 167 Å². The molecule has 6 nitrogen and oxygen atoms in total. The number of furan rings is 1. The van der Waals surface area contributed by atoms with Crippen molar-refractivity contribution >= 4 is 39.6 Å². The Balaban J connectivity index is 1.34. The predicted molar refractivity (Wildman–Crippen MR) is 114 cm³/mol. The molecule has 4 rings (SSSR count). The van der Waals surface area contributed by atoms with Gasteiger partial charge in [0.2, 0.25) is 5.91 Å². The highest BCUT2D eigenvalue weighted by Crippen LogP contribution is 2.19. The third-order valence-corrected chi connectivity index (χ3v) is 4.35. The van der Waals surface area contributed by atoms with Crippen molar-refractivity contribution < 1.29 is 14.0 Å². The maximum absolute atomic E-state index is 12.3. The van der Waals surface area contributed by atoms with Crippen molar-refractivity contribution in [1.82, 2.24) is 0 Å². The summed E-state index contributed by atoms with van der Waals surface area (Å²) in [6.07, 6.45) is 1.45. The highest BCUT2D eigenvalue weighted by atomic mass is 16.3. The van der Waals surface area contributed by atoms with Crippen LogP contribution in [0.15, 0.2) is 89.5 Å². The van der Waals surface area contributed by atoms with Crippen LogP contribution in [0.2, 0.25) is 0 Å². The van der Waals surface area contributed by atoms with Gasteiger partial charge in [-0.15, -0.1) is 0 Å². The Kier molecular flexibility index (Phi) is 5.25. The molecule has 144 valence electrons. The maximum atomic E-state index is 12.3. The fourth-order valence-corrected chi connectivity index (χ4v) is 2.96. The number of rotatable bonds is 6. The van der Waals surface area contributed by atoms with E-state index in [-0.39, 0.29) is 24.1 Å². The average Bonchev–Trinajstić information content (AvgIpc) is 3.28. The molecule has 0 spiro atoms. The topological polar surface area (TPSA) is 83.4 Å². The van der Waals surface area contributed by atoms with Gasteiger partial charge in [-0.1, -0.05) is 36.4 Å². The molecule has 0 saturated carbocycles. The fourth-order valence-electron chi connectivity index (χ4n) is 2.96. The van der Waals surface area contributed by atoms with Gasteiger partial charge in [-0.3, -0.25) is 9.59 Å². The lowest BCUT2D eigenvalue weighted by Gasteiger charge is -2.10. The zero-order valence-electron chi connectivity index (χ0n) is 15.5. The Morgan fingerprint density at radius 3 is 2.34 bits per heavy atom. The number of fused-ring (bicyclic) bond motifs is 1. The smallest absolute Gasteiger partial charge is 0.291 e. The molecule has 0 aliphatic heterocycles. The first-order valence-corrected chi connectivity index (χ1v) is 9.15. The Bertz CT molecular complexity index is 1150. The van der Waals surface area contributed by atoms with Crippen LogP contribution in [-0.2, 0) is 4.79 Å².